The zero-order chi connectivity index (χ0) is 10.8. The molecule has 0 aliphatic carbocycles. The highest BCUT2D eigenvalue weighted by molar-refractivity contribution is 5.76. The molecule has 82 valence electrons. The zero-order valence-electron chi connectivity index (χ0n) is 9.18. The van der Waals surface area contributed by atoms with E-state index in [-0.39, 0.29) is 5.78 Å². The lowest BCUT2D eigenvalue weighted by Gasteiger charge is -2.31. The number of ketones is 1. The normalized spacial score (nSPS) is 18.5. The molecule has 2 rings (SSSR count). The molecule has 0 spiro atoms. The molecule has 0 aromatic carbocycles. The lowest BCUT2D eigenvalue weighted by Crippen LogP contribution is -2.40. The zero-order valence-corrected chi connectivity index (χ0v) is 9.18. The van der Waals surface area contributed by atoms with Gasteiger partial charge in [0.25, 0.3) is 0 Å². The fourth-order valence-electron chi connectivity index (χ4n) is 2.01. The molecule has 2 heterocycles. The highest BCUT2D eigenvalue weighted by Gasteiger charge is 2.22. The Hall–Kier alpha value is -1.23. The standard InChI is InChI=1S/C10H16N4O/c1-8(5-9(2)15)13-3-4-14-7-11-12-10(14)6-13/h7-8H,3-6H2,1-2H3. The predicted octanol–water partition coefficient (Wildman–Crippen LogP) is 0.461. The Labute approximate surface area is 89.1 Å². The lowest BCUT2D eigenvalue weighted by atomic mass is 10.1. The SMILES string of the molecule is CC(=O)CC(C)N1CCn2cnnc2C1. The summed E-state index contributed by atoms with van der Waals surface area (Å²) in [7, 11) is 0. The van der Waals surface area contributed by atoms with E-state index in [1.807, 2.05) is 0 Å². The van der Waals surface area contributed by atoms with Gasteiger partial charge in [-0.15, -0.1) is 10.2 Å². The molecule has 1 unspecified atom stereocenters. The third-order valence-corrected chi connectivity index (χ3v) is 2.87. The van der Waals surface area contributed by atoms with Crippen LogP contribution >= 0.6 is 0 Å². The molecule has 1 atom stereocenters. The van der Waals surface area contributed by atoms with Gasteiger partial charge in [-0.2, -0.15) is 0 Å². The smallest absolute Gasteiger partial charge is 0.147 e. The second-order valence-electron chi connectivity index (χ2n) is 4.17. The van der Waals surface area contributed by atoms with Gasteiger partial charge in [0.05, 0.1) is 6.54 Å². The minimum Gasteiger partial charge on any atom is -0.315 e. The van der Waals surface area contributed by atoms with Gasteiger partial charge in [0.1, 0.15) is 17.9 Å². The van der Waals surface area contributed by atoms with Crippen molar-refractivity contribution in [2.45, 2.75) is 39.4 Å². The second kappa shape index (κ2) is 4.10. The van der Waals surface area contributed by atoms with E-state index in [0.717, 1.165) is 25.5 Å². The van der Waals surface area contributed by atoms with Crippen molar-refractivity contribution in [3.05, 3.63) is 12.2 Å². The fourth-order valence-corrected chi connectivity index (χ4v) is 2.01. The van der Waals surface area contributed by atoms with Crippen molar-refractivity contribution in [1.29, 1.82) is 0 Å². The van der Waals surface area contributed by atoms with E-state index in [2.05, 4.69) is 26.6 Å². The van der Waals surface area contributed by atoms with Crippen LogP contribution in [0.2, 0.25) is 0 Å². The van der Waals surface area contributed by atoms with Crippen molar-refractivity contribution < 1.29 is 4.79 Å². The van der Waals surface area contributed by atoms with E-state index in [1.165, 1.54) is 0 Å². The van der Waals surface area contributed by atoms with Crippen molar-refractivity contribution >= 4 is 5.78 Å². The van der Waals surface area contributed by atoms with Crippen LogP contribution in [0, 0.1) is 0 Å². The van der Waals surface area contributed by atoms with Crippen molar-refractivity contribution in [2.24, 2.45) is 0 Å². The van der Waals surface area contributed by atoms with Crippen LogP contribution in [0.15, 0.2) is 6.33 Å². The largest absolute Gasteiger partial charge is 0.315 e. The summed E-state index contributed by atoms with van der Waals surface area (Å²) in [6.45, 7) is 6.43. The van der Waals surface area contributed by atoms with Crippen molar-refractivity contribution in [3.8, 4) is 0 Å². The molecule has 0 N–H and O–H groups in total. The highest BCUT2D eigenvalue weighted by Crippen LogP contribution is 2.14. The first-order chi connectivity index (χ1) is 7.16. The quantitative estimate of drug-likeness (QED) is 0.724. The maximum absolute atomic E-state index is 11.0. The Kier molecular flexibility index (Phi) is 2.81. The lowest BCUT2D eigenvalue weighted by molar-refractivity contribution is -0.118. The number of hydrogen-bond acceptors (Lipinski definition) is 4. The van der Waals surface area contributed by atoms with Gasteiger partial charge in [0, 0.05) is 25.6 Å². The van der Waals surface area contributed by atoms with Gasteiger partial charge in [-0.3, -0.25) is 9.69 Å². The summed E-state index contributed by atoms with van der Waals surface area (Å²) in [4.78, 5) is 13.3. The summed E-state index contributed by atoms with van der Waals surface area (Å²) < 4.78 is 2.07. The molecule has 0 fully saturated rings. The van der Waals surface area contributed by atoms with Crippen LogP contribution in [0.1, 0.15) is 26.1 Å². The maximum atomic E-state index is 11.0. The van der Waals surface area contributed by atoms with Crippen molar-refractivity contribution in [2.75, 3.05) is 6.54 Å². The molecule has 1 aliphatic heterocycles. The topological polar surface area (TPSA) is 51.0 Å². The molecule has 5 nitrogen and oxygen atoms in total. The third-order valence-electron chi connectivity index (χ3n) is 2.87. The molecular weight excluding hydrogens is 192 g/mol. The number of aromatic nitrogens is 3. The molecule has 0 amide bonds. The van der Waals surface area contributed by atoms with Gasteiger partial charge in [-0.25, -0.2) is 0 Å². The molecule has 15 heavy (non-hydrogen) atoms. The number of Topliss-reactive ketones (excluding diaryl/α,β-unsaturated/α-hetero) is 1. The summed E-state index contributed by atoms with van der Waals surface area (Å²) in [5, 5.41) is 7.93. The predicted molar refractivity (Wildman–Crippen MR) is 55.2 cm³/mol. The van der Waals surface area contributed by atoms with E-state index in [9.17, 15) is 4.79 Å². The van der Waals surface area contributed by atoms with Crippen molar-refractivity contribution in [1.82, 2.24) is 19.7 Å². The molecule has 0 radical (unpaired) electrons. The van der Waals surface area contributed by atoms with Crippen LogP contribution in [0.25, 0.3) is 0 Å². The van der Waals surface area contributed by atoms with E-state index < -0.39 is 0 Å². The molecule has 0 bridgehead atoms. The Morgan fingerprint density at radius 3 is 3.13 bits per heavy atom. The third kappa shape index (κ3) is 2.23. The van der Waals surface area contributed by atoms with Crippen LogP contribution < -0.4 is 0 Å². The number of rotatable bonds is 3. The highest BCUT2D eigenvalue weighted by atomic mass is 16.1. The first kappa shape index (κ1) is 10.3. The number of carbonyl (C=O) groups is 1. The van der Waals surface area contributed by atoms with Crippen LogP contribution in [0.3, 0.4) is 0 Å². The van der Waals surface area contributed by atoms with Gasteiger partial charge in [0.2, 0.25) is 0 Å². The summed E-state index contributed by atoms with van der Waals surface area (Å²) in [5.41, 5.74) is 0. The summed E-state index contributed by atoms with van der Waals surface area (Å²) in [6.07, 6.45) is 2.39. The summed E-state index contributed by atoms with van der Waals surface area (Å²) in [6, 6.07) is 0.299. The van der Waals surface area contributed by atoms with E-state index in [4.69, 9.17) is 0 Å². The Morgan fingerprint density at radius 1 is 1.60 bits per heavy atom. The number of nitrogens with zero attached hydrogens (tertiary/aromatic N) is 4. The fraction of sp³-hybridized carbons (Fsp3) is 0.700. The molecular formula is C10H16N4O. The maximum Gasteiger partial charge on any atom is 0.147 e. The molecule has 1 aromatic heterocycles. The first-order valence-electron chi connectivity index (χ1n) is 5.27. The van der Waals surface area contributed by atoms with Crippen LogP contribution in [-0.2, 0) is 17.9 Å². The minimum absolute atomic E-state index is 0.245. The number of fused-ring (bicyclic) bond motifs is 1. The first-order valence-corrected chi connectivity index (χ1v) is 5.27. The Bertz CT molecular complexity index is 360. The van der Waals surface area contributed by atoms with Gasteiger partial charge in [-0.05, 0) is 13.8 Å². The number of hydrogen-bond donors (Lipinski definition) is 0. The Balaban J connectivity index is 2.00. The van der Waals surface area contributed by atoms with Crippen LogP contribution in [0.4, 0.5) is 0 Å². The molecule has 0 saturated heterocycles. The van der Waals surface area contributed by atoms with E-state index in [1.54, 1.807) is 13.3 Å². The van der Waals surface area contributed by atoms with Crippen molar-refractivity contribution in [3.63, 3.8) is 0 Å². The summed E-state index contributed by atoms with van der Waals surface area (Å²) in [5.74, 6) is 1.24. The minimum atomic E-state index is 0.245. The molecule has 1 aliphatic rings. The van der Waals surface area contributed by atoms with Crippen LogP contribution in [0.5, 0.6) is 0 Å². The monoisotopic (exact) mass is 208 g/mol. The second-order valence-corrected chi connectivity index (χ2v) is 4.17. The molecule has 0 saturated carbocycles. The van der Waals surface area contributed by atoms with Crippen LogP contribution in [-0.4, -0.2) is 38.0 Å². The average molecular weight is 208 g/mol. The average Bonchev–Trinajstić information content (AvgIpc) is 2.62. The van der Waals surface area contributed by atoms with Gasteiger partial charge in [-0.1, -0.05) is 0 Å². The summed E-state index contributed by atoms with van der Waals surface area (Å²) >= 11 is 0. The molecule has 5 heteroatoms. The van der Waals surface area contributed by atoms with E-state index >= 15 is 0 Å². The number of carbonyl (C=O) groups excluding carboxylic acids is 1. The van der Waals surface area contributed by atoms with E-state index in [0.29, 0.717) is 12.5 Å². The van der Waals surface area contributed by atoms with Gasteiger partial charge in [0.15, 0.2) is 0 Å². The van der Waals surface area contributed by atoms with Gasteiger partial charge < -0.3 is 4.57 Å². The van der Waals surface area contributed by atoms with Gasteiger partial charge >= 0.3 is 0 Å². The Morgan fingerprint density at radius 2 is 2.40 bits per heavy atom. The molecule has 1 aromatic rings.